The Bertz CT molecular complexity index is 226. The van der Waals surface area contributed by atoms with E-state index < -0.39 is 0 Å². The molecule has 0 unspecified atom stereocenters. The molecule has 0 aromatic carbocycles. The smallest absolute Gasteiger partial charge is 0.220 e. The molecule has 3 heteroatoms. The first-order valence-corrected chi connectivity index (χ1v) is 5.76. The van der Waals surface area contributed by atoms with E-state index in [2.05, 4.69) is 16.6 Å². The minimum atomic E-state index is 0.167. The van der Waals surface area contributed by atoms with Crippen LogP contribution in [0.2, 0.25) is 0 Å². The first kappa shape index (κ1) is 12.1. The lowest BCUT2D eigenvalue weighted by molar-refractivity contribution is -0.122. The van der Waals surface area contributed by atoms with E-state index in [4.69, 9.17) is 6.42 Å². The van der Waals surface area contributed by atoms with Crippen molar-refractivity contribution in [2.45, 2.75) is 44.6 Å². The molecule has 0 bridgehead atoms. The molecule has 0 radical (unpaired) electrons. The van der Waals surface area contributed by atoms with E-state index >= 15 is 0 Å². The number of piperidine rings is 1. The van der Waals surface area contributed by atoms with Crippen molar-refractivity contribution in [1.82, 2.24) is 10.6 Å². The number of nitrogens with one attached hydrogen (secondary N) is 2. The molecule has 0 aliphatic carbocycles. The van der Waals surface area contributed by atoms with Gasteiger partial charge in [-0.3, -0.25) is 4.79 Å². The van der Waals surface area contributed by atoms with Crippen LogP contribution in [0.5, 0.6) is 0 Å². The average molecular weight is 208 g/mol. The third kappa shape index (κ3) is 5.44. The zero-order valence-corrected chi connectivity index (χ0v) is 9.22. The predicted molar refractivity (Wildman–Crippen MR) is 61.3 cm³/mol. The Kier molecular flexibility index (Phi) is 5.87. The summed E-state index contributed by atoms with van der Waals surface area (Å²) in [7, 11) is 0. The van der Waals surface area contributed by atoms with Gasteiger partial charge in [-0.2, -0.15) is 0 Å². The Morgan fingerprint density at radius 2 is 2.40 bits per heavy atom. The molecular weight excluding hydrogens is 188 g/mol. The van der Waals surface area contributed by atoms with Crippen LogP contribution >= 0.6 is 0 Å². The van der Waals surface area contributed by atoms with Crippen LogP contribution in [-0.2, 0) is 4.79 Å². The van der Waals surface area contributed by atoms with Crippen LogP contribution in [-0.4, -0.2) is 25.0 Å². The fourth-order valence-corrected chi connectivity index (χ4v) is 1.79. The van der Waals surface area contributed by atoms with Crippen LogP contribution < -0.4 is 10.6 Å². The van der Waals surface area contributed by atoms with Crippen LogP contribution in [0.25, 0.3) is 0 Å². The summed E-state index contributed by atoms with van der Waals surface area (Å²) in [6.07, 6.45) is 10.6. The third-order valence-corrected chi connectivity index (χ3v) is 2.64. The van der Waals surface area contributed by atoms with Gasteiger partial charge in [-0.1, -0.05) is 0 Å². The number of hydrogen-bond donors (Lipinski definition) is 2. The van der Waals surface area contributed by atoms with Gasteiger partial charge in [-0.05, 0) is 32.2 Å². The topological polar surface area (TPSA) is 41.1 Å². The molecule has 1 aliphatic heterocycles. The number of unbranched alkanes of at least 4 members (excludes halogenated alkanes) is 2. The highest BCUT2D eigenvalue weighted by atomic mass is 16.1. The van der Waals surface area contributed by atoms with Gasteiger partial charge in [-0.25, -0.2) is 0 Å². The van der Waals surface area contributed by atoms with Crippen molar-refractivity contribution in [1.29, 1.82) is 0 Å². The minimum Gasteiger partial charge on any atom is -0.352 e. The summed E-state index contributed by atoms with van der Waals surface area (Å²) in [6, 6.07) is 0.332. The summed E-state index contributed by atoms with van der Waals surface area (Å²) in [5, 5.41) is 6.32. The largest absolute Gasteiger partial charge is 0.352 e. The lowest BCUT2D eigenvalue weighted by Crippen LogP contribution is -2.45. The number of carbonyl (C=O) groups excluding carboxylic acids is 1. The highest BCUT2D eigenvalue weighted by Crippen LogP contribution is 2.03. The van der Waals surface area contributed by atoms with Crippen LogP contribution in [0.4, 0.5) is 0 Å². The van der Waals surface area contributed by atoms with Gasteiger partial charge in [0.1, 0.15) is 0 Å². The van der Waals surface area contributed by atoms with E-state index in [-0.39, 0.29) is 5.91 Å². The summed E-state index contributed by atoms with van der Waals surface area (Å²) >= 11 is 0. The molecule has 2 N–H and O–H groups in total. The van der Waals surface area contributed by atoms with Gasteiger partial charge in [-0.15, -0.1) is 12.3 Å². The summed E-state index contributed by atoms with van der Waals surface area (Å²) < 4.78 is 0. The van der Waals surface area contributed by atoms with Gasteiger partial charge >= 0.3 is 0 Å². The molecule has 1 rings (SSSR count). The highest BCUT2D eigenvalue weighted by molar-refractivity contribution is 5.76. The van der Waals surface area contributed by atoms with Crippen molar-refractivity contribution < 1.29 is 4.79 Å². The lowest BCUT2D eigenvalue weighted by atomic mass is 10.1. The number of rotatable bonds is 5. The minimum absolute atomic E-state index is 0.167. The van der Waals surface area contributed by atoms with E-state index in [0.717, 1.165) is 45.2 Å². The molecule has 1 saturated heterocycles. The maximum atomic E-state index is 11.5. The molecule has 0 aromatic heterocycles. The van der Waals surface area contributed by atoms with Crippen LogP contribution in [0.3, 0.4) is 0 Å². The zero-order valence-electron chi connectivity index (χ0n) is 9.22. The van der Waals surface area contributed by atoms with Crippen molar-refractivity contribution in [3.05, 3.63) is 0 Å². The second-order valence-electron chi connectivity index (χ2n) is 4.02. The Morgan fingerprint density at radius 1 is 1.53 bits per heavy atom. The number of terminal acetylenes is 1. The van der Waals surface area contributed by atoms with Crippen molar-refractivity contribution in [2.75, 3.05) is 13.1 Å². The summed E-state index contributed by atoms with van der Waals surface area (Å²) in [5.41, 5.74) is 0. The Hall–Kier alpha value is -1.01. The van der Waals surface area contributed by atoms with Gasteiger partial charge in [0, 0.05) is 25.4 Å². The molecule has 0 saturated carbocycles. The molecule has 84 valence electrons. The maximum absolute atomic E-state index is 11.5. The van der Waals surface area contributed by atoms with Crippen molar-refractivity contribution in [3.63, 3.8) is 0 Å². The lowest BCUT2D eigenvalue weighted by Gasteiger charge is -2.23. The second kappa shape index (κ2) is 7.30. The quantitative estimate of drug-likeness (QED) is 0.524. The maximum Gasteiger partial charge on any atom is 0.220 e. The fourth-order valence-electron chi connectivity index (χ4n) is 1.79. The molecule has 1 amide bonds. The van der Waals surface area contributed by atoms with Crippen molar-refractivity contribution >= 4 is 5.91 Å². The van der Waals surface area contributed by atoms with E-state index in [1.165, 1.54) is 0 Å². The van der Waals surface area contributed by atoms with Crippen molar-refractivity contribution in [3.8, 4) is 12.3 Å². The van der Waals surface area contributed by atoms with Crippen LogP contribution in [0, 0.1) is 12.3 Å². The SMILES string of the molecule is C#CCCCCC(=O)N[C@@H]1CCCNC1. The molecule has 1 fully saturated rings. The molecule has 0 aromatic rings. The molecule has 1 atom stereocenters. The van der Waals surface area contributed by atoms with Crippen LogP contribution in [0.1, 0.15) is 38.5 Å². The van der Waals surface area contributed by atoms with Gasteiger partial charge < -0.3 is 10.6 Å². The van der Waals surface area contributed by atoms with Crippen molar-refractivity contribution in [2.24, 2.45) is 0 Å². The van der Waals surface area contributed by atoms with Gasteiger partial charge in [0.05, 0.1) is 0 Å². The second-order valence-corrected chi connectivity index (χ2v) is 4.02. The summed E-state index contributed by atoms with van der Waals surface area (Å²) in [4.78, 5) is 11.5. The Balaban J connectivity index is 2.04. The first-order valence-electron chi connectivity index (χ1n) is 5.76. The van der Waals surface area contributed by atoms with E-state index in [0.29, 0.717) is 12.5 Å². The Morgan fingerprint density at radius 3 is 3.07 bits per heavy atom. The fraction of sp³-hybridized carbons (Fsp3) is 0.750. The third-order valence-electron chi connectivity index (χ3n) is 2.64. The summed E-state index contributed by atoms with van der Waals surface area (Å²) in [6.45, 7) is 1.99. The Labute approximate surface area is 92.0 Å². The van der Waals surface area contributed by atoms with E-state index in [9.17, 15) is 4.79 Å². The molecule has 1 heterocycles. The van der Waals surface area contributed by atoms with E-state index in [1.807, 2.05) is 0 Å². The number of hydrogen-bond acceptors (Lipinski definition) is 2. The zero-order chi connectivity index (χ0) is 10.9. The molecule has 1 aliphatic rings. The van der Waals surface area contributed by atoms with Gasteiger partial charge in [0.25, 0.3) is 0 Å². The predicted octanol–water partition coefficient (Wildman–Crippen LogP) is 1.05. The molecular formula is C12H20N2O. The monoisotopic (exact) mass is 208 g/mol. The normalized spacial score (nSPS) is 20.6. The van der Waals surface area contributed by atoms with Gasteiger partial charge in [0.15, 0.2) is 0 Å². The number of carbonyl (C=O) groups is 1. The first-order chi connectivity index (χ1) is 7.33. The molecule has 15 heavy (non-hydrogen) atoms. The molecule has 3 nitrogen and oxygen atoms in total. The highest BCUT2D eigenvalue weighted by Gasteiger charge is 2.14. The molecule has 0 spiro atoms. The number of amides is 1. The van der Waals surface area contributed by atoms with E-state index in [1.54, 1.807) is 0 Å². The van der Waals surface area contributed by atoms with Crippen LogP contribution in [0.15, 0.2) is 0 Å². The summed E-state index contributed by atoms with van der Waals surface area (Å²) in [5.74, 6) is 2.75. The standard InChI is InChI=1S/C12H20N2O/c1-2-3-4-5-8-12(15)14-11-7-6-9-13-10-11/h1,11,13H,3-10H2,(H,14,15)/t11-/m1/s1. The average Bonchev–Trinajstić information content (AvgIpc) is 2.26. The van der Waals surface area contributed by atoms with Gasteiger partial charge in [0.2, 0.25) is 5.91 Å².